The van der Waals surface area contributed by atoms with Gasteiger partial charge in [0.1, 0.15) is 5.82 Å². The summed E-state index contributed by atoms with van der Waals surface area (Å²) in [6, 6.07) is 19.2. The van der Waals surface area contributed by atoms with Crippen LogP contribution >= 0.6 is 0 Å². The zero-order chi connectivity index (χ0) is 15.5. The topological polar surface area (TPSA) is 28.2 Å². The van der Waals surface area contributed by atoms with E-state index in [1.807, 2.05) is 31.3 Å². The molecule has 2 aromatic carbocycles. The number of benzene rings is 2. The Kier molecular flexibility index (Phi) is 3.96. The first-order chi connectivity index (χ1) is 10.6. The third-order valence-corrected chi connectivity index (χ3v) is 3.85. The Morgan fingerprint density at radius 1 is 1.00 bits per heavy atom. The minimum atomic E-state index is 0.272. The average molecular weight is 291 g/mol. The van der Waals surface area contributed by atoms with Gasteiger partial charge < -0.3 is 10.2 Å². The summed E-state index contributed by atoms with van der Waals surface area (Å²) in [5.74, 6) is 1.00. The molecule has 1 heterocycles. The van der Waals surface area contributed by atoms with Crippen molar-refractivity contribution in [1.82, 2.24) is 4.98 Å². The van der Waals surface area contributed by atoms with Gasteiger partial charge in [-0.3, -0.25) is 0 Å². The number of nitrogens with zero attached hydrogens (tertiary/aromatic N) is 2. The molecule has 0 spiro atoms. The maximum atomic E-state index is 4.45. The van der Waals surface area contributed by atoms with E-state index in [1.165, 1.54) is 16.3 Å². The Balaban J connectivity index is 1.90. The van der Waals surface area contributed by atoms with E-state index in [9.17, 15) is 0 Å². The number of nitrogens with one attached hydrogen (secondary N) is 1. The van der Waals surface area contributed by atoms with E-state index in [2.05, 4.69) is 65.8 Å². The number of rotatable bonds is 4. The molecule has 0 radical (unpaired) electrons. The first-order valence-corrected chi connectivity index (χ1v) is 7.53. The predicted octanol–water partition coefficient (Wildman–Crippen LogP) is 4.47. The number of aromatic nitrogens is 1. The van der Waals surface area contributed by atoms with Crippen molar-refractivity contribution in [2.24, 2.45) is 0 Å². The molecule has 3 aromatic rings. The van der Waals surface area contributed by atoms with Crippen molar-refractivity contribution in [1.29, 1.82) is 0 Å². The van der Waals surface area contributed by atoms with Crippen LogP contribution < -0.4 is 10.2 Å². The van der Waals surface area contributed by atoms with Crippen LogP contribution in [0.2, 0.25) is 0 Å². The van der Waals surface area contributed by atoms with Gasteiger partial charge in [0.2, 0.25) is 0 Å². The summed E-state index contributed by atoms with van der Waals surface area (Å²) in [6.45, 7) is 2.18. The monoisotopic (exact) mass is 291 g/mol. The summed E-state index contributed by atoms with van der Waals surface area (Å²) >= 11 is 0. The molecule has 0 bridgehead atoms. The first kappa shape index (κ1) is 14.4. The van der Waals surface area contributed by atoms with Crippen molar-refractivity contribution in [3.63, 3.8) is 0 Å². The Labute approximate surface area is 131 Å². The molecule has 22 heavy (non-hydrogen) atoms. The molecule has 0 saturated carbocycles. The molecule has 0 amide bonds. The van der Waals surface area contributed by atoms with Crippen molar-refractivity contribution in [2.75, 3.05) is 24.3 Å². The van der Waals surface area contributed by atoms with Gasteiger partial charge in [0.05, 0.1) is 0 Å². The lowest BCUT2D eigenvalue weighted by molar-refractivity contribution is 0.885. The van der Waals surface area contributed by atoms with Gasteiger partial charge in [0.25, 0.3) is 0 Å². The highest BCUT2D eigenvalue weighted by molar-refractivity contribution is 5.94. The second-order valence-corrected chi connectivity index (χ2v) is 5.74. The van der Waals surface area contributed by atoms with E-state index in [1.54, 1.807) is 0 Å². The molecule has 3 heteroatoms. The van der Waals surface area contributed by atoms with Gasteiger partial charge in [0, 0.05) is 37.4 Å². The Hall–Kier alpha value is -2.55. The van der Waals surface area contributed by atoms with Crippen LogP contribution in [0.4, 0.5) is 11.5 Å². The summed E-state index contributed by atoms with van der Waals surface area (Å²) < 4.78 is 0. The number of hydrogen-bond donors (Lipinski definition) is 1. The average Bonchev–Trinajstić information content (AvgIpc) is 2.54. The van der Waals surface area contributed by atoms with E-state index in [-0.39, 0.29) is 6.04 Å². The van der Waals surface area contributed by atoms with Crippen molar-refractivity contribution in [3.8, 4) is 0 Å². The molecule has 0 aliphatic heterocycles. The maximum Gasteiger partial charge on any atom is 0.135 e. The fraction of sp³-hybridized carbons (Fsp3) is 0.211. The van der Waals surface area contributed by atoms with Gasteiger partial charge in [-0.15, -0.1) is 0 Å². The van der Waals surface area contributed by atoms with Crippen LogP contribution in [0.15, 0.2) is 60.8 Å². The number of anilines is 2. The molecule has 1 aromatic heterocycles. The van der Waals surface area contributed by atoms with Crippen molar-refractivity contribution >= 4 is 22.3 Å². The van der Waals surface area contributed by atoms with E-state index < -0.39 is 0 Å². The van der Waals surface area contributed by atoms with Crippen molar-refractivity contribution < 1.29 is 0 Å². The lowest BCUT2D eigenvalue weighted by Gasteiger charge is -2.18. The quantitative estimate of drug-likeness (QED) is 0.768. The number of hydrogen-bond acceptors (Lipinski definition) is 3. The summed E-state index contributed by atoms with van der Waals surface area (Å²) in [5, 5.41) is 5.93. The lowest BCUT2D eigenvalue weighted by atomic mass is 10.1. The summed E-state index contributed by atoms with van der Waals surface area (Å²) in [4.78, 5) is 6.49. The first-order valence-electron chi connectivity index (χ1n) is 7.53. The molecule has 112 valence electrons. The fourth-order valence-electron chi connectivity index (χ4n) is 2.68. The molecule has 3 rings (SSSR count). The van der Waals surface area contributed by atoms with E-state index in [0.29, 0.717) is 0 Å². The normalized spacial score (nSPS) is 12.1. The highest BCUT2D eigenvalue weighted by Gasteiger charge is 2.07. The number of pyridine rings is 1. The molecular weight excluding hydrogens is 270 g/mol. The molecule has 0 aliphatic rings. The molecule has 1 N–H and O–H groups in total. The van der Waals surface area contributed by atoms with Crippen LogP contribution in [0.1, 0.15) is 18.5 Å². The van der Waals surface area contributed by atoms with Crippen LogP contribution in [0.5, 0.6) is 0 Å². The van der Waals surface area contributed by atoms with Gasteiger partial charge in [-0.2, -0.15) is 0 Å². The Bertz CT molecular complexity index is 766. The van der Waals surface area contributed by atoms with Gasteiger partial charge in [-0.25, -0.2) is 4.98 Å². The number of fused-ring (bicyclic) bond motifs is 1. The maximum absolute atomic E-state index is 4.45. The Morgan fingerprint density at radius 3 is 2.50 bits per heavy atom. The minimum Gasteiger partial charge on any atom is -0.379 e. The molecule has 0 aliphatic carbocycles. The lowest BCUT2D eigenvalue weighted by Crippen LogP contribution is -2.11. The third-order valence-electron chi connectivity index (χ3n) is 3.85. The molecule has 0 fully saturated rings. The van der Waals surface area contributed by atoms with Crippen LogP contribution in [0.3, 0.4) is 0 Å². The van der Waals surface area contributed by atoms with Gasteiger partial charge >= 0.3 is 0 Å². The minimum absolute atomic E-state index is 0.272. The SMILES string of the molecule is CC(Nc1ccc2c(N(C)C)nccc2c1)c1ccccc1. The summed E-state index contributed by atoms with van der Waals surface area (Å²) in [6.07, 6.45) is 1.86. The summed E-state index contributed by atoms with van der Waals surface area (Å²) in [7, 11) is 4.04. The zero-order valence-electron chi connectivity index (χ0n) is 13.2. The van der Waals surface area contributed by atoms with Crippen molar-refractivity contribution in [3.05, 3.63) is 66.4 Å². The fourth-order valence-corrected chi connectivity index (χ4v) is 2.68. The highest BCUT2D eigenvalue weighted by atomic mass is 15.1. The molecule has 3 nitrogen and oxygen atoms in total. The Morgan fingerprint density at radius 2 is 1.77 bits per heavy atom. The second-order valence-electron chi connectivity index (χ2n) is 5.74. The van der Waals surface area contributed by atoms with Crippen LogP contribution in [0, 0.1) is 0 Å². The van der Waals surface area contributed by atoms with Crippen molar-refractivity contribution in [2.45, 2.75) is 13.0 Å². The van der Waals surface area contributed by atoms with Crippen LogP contribution in [-0.2, 0) is 0 Å². The van der Waals surface area contributed by atoms with Crippen LogP contribution in [-0.4, -0.2) is 19.1 Å². The second kappa shape index (κ2) is 6.06. The van der Waals surface area contributed by atoms with Crippen LogP contribution in [0.25, 0.3) is 10.8 Å². The molecular formula is C19H21N3. The highest BCUT2D eigenvalue weighted by Crippen LogP contribution is 2.27. The smallest absolute Gasteiger partial charge is 0.135 e. The van der Waals surface area contributed by atoms with E-state index >= 15 is 0 Å². The van der Waals surface area contributed by atoms with Gasteiger partial charge in [-0.1, -0.05) is 30.3 Å². The molecule has 0 saturated heterocycles. The third kappa shape index (κ3) is 2.89. The van der Waals surface area contributed by atoms with E-state index in [4.69, 9.17) is 0 Å². The van der Waals surface area contributed by atoms with Gasteiger partial charge in [-0.05, 0) is 42.1 Å². The standard InChI is InChI=1S/C19H21N3/c1-14(15-7-5-4-6-8-15)21-17-9-10-18-16(13-17)11-12-20-19(18)22(2)3/h4-14,21H,1-3H3. The molecule has 1 atom stereocenters. The summed E-state index contributed by atoms with van der Waals surface area (Å²) in [5.41, 5.74) is 2.41. The predicted molar refractivity (Wildman–Crippen MR) is 94.5 cm³/mol. The van der Waals surface area contributed by atoms with E-state index in [0.717, 1.165) is 11.5 Å². The largest absolute Gasteiger partial charge is 0.379 e. The molecule has 1 unspecified atom stereocenters. The zero-order valence-corrected chi connectivity index (χ0v) is 13.2. The van der Waals surface area contributed by atoms with Gasteiger partial charge in [0.15, 0.2) is 0 Å².